The highest BCUT2D eigenvalue weighted by atomic mass is 16.4. The monoisotopic (exact) mass is 378 g/mol. The summed E-state index contributed by atoms with van der Waals surface area (Å²) in [6, 6.07) is 16.4. The zero-order valence-corrected chi connectivity index (χ0v) is 15.9. The van der Waals surface area contributed by atoms with E-state index in [1.54, 1.807) is 0 Å². The summed E-state index contributed by atoms with van der Waals surface area (Å²) >= 11 is 0. The average Bonchev–Trinajstić information content (AvgIpc) is 3.14. The minimum Gasteiger partial charge on any atom is -0.465 e. The summed E-state index contributed by atoms with van der Waals surface area (Å²) in [5.74, 6) is 0. The minimum atomic E-state index is -0.889. The first-order chi connectivity index (χ1) is 13.7. The van der Waals surface area contributed by atoms with Crippen molar-refractivity contribution >= 4 is 23.3 Å². The van der Waals surface area contributed by atoms with Crippen LogP contribution in [-0.2, 0) is 11.2 Å². The predicted molar refractivity (Wildman–Crippen MR) is 112 cm³/mol. The van der Waals surface area contributed by atoms with E-state index in [1.165, 1.54) is 10.3 Å². The summed E-state index contributed by atoms with van der Waals surface area (Å²) in [6.07, 6.45) is 5.72. The Morgan fingerprint density at radius 2 is 1.75 bits per heavy atom. The zero-order chi connectivity index (χ0) is 19.8. The molecule has 1 heterocycles. The van der Waals surface area contributed by atoms with Crippen molar-refractivity contribution in [1.29, 1.82) is 0 Å². The SMILES string of the molecule is O=CCCCCCN(CCc1ccccc1-c1c[nH]c2ccccc12)C(=O)O. The van der Waals surface area contributed by atoms with Gasteiger partial charge in [0, 0.05) is 42.2 Å². The zero-order valence-electron chi connectivity index (χ0n) is 15.9. The van der Waals surface area contributed by atoms with Gasteiger partial charge >= 0.3 is 6.09 Å². The fourth-order valence-electron chi connectivity index (χ4n) is 3.56. The van der Waals surface area contributed by atoms with Crippen LogP contribution >= 0.6 is 0 Å². The molecule has 2 aromatic carbocycles. The first-order valence-corrected chi connectivity index (χ1v) is 9.76. The molecule has 2 N–H and O–H groups in total. The molecule has 0 aliphatic heterocycles. The number of carbonyl (C=O) groups is 2. The molecule has 5 heteroatoms. The Morgan fingerprint density at radius 1 is 0.964 bits per heavy atom. The van der Waals surface area contributed by atoms with Crippen LogP contribution in [0.25, 0.3) is 22.0 Å². The minimum absolute atomic E-state index is 0.461. The second-order valence-corrected chi connectivity index (χ2v) is 6.94. The molecule has 3 aromatic rings. The Hall–Kier alpha value is -3.08. The van der Waals surface area contributed by atoms with Crippen molar-refractivity contribution in [1.82, 2.24) is 9.88 Å². The van der Waals surface area contributed by atoms with Crippen molar-refractivity contribution in [2.24, 2.45) is 0 Å². The van der Waals surface area contributed by atoms with E-state index in [0.717, 1.165) is 47.8 Å². The number of aromatic amines is 1. The molecule has 1 aromatic heterocycles. The van der Waals surface area contributed by atoms with Crippen molar-refractivity contribution < 1.29 is 14.7 Å². The quantitative estimate of drug-likeness (QED) is 0.380. The molecular formula is C23H26N2O3. The maximum atomic E-state index is 11.6. The number of aldehydes is 1. The standard InChI is InChI=1S/C23H26N2O3/c26-16-8-2-1-7-14-25(23(27)28)15-13-18-9-3-4-10-19(18)21-17-24-22-12-6-5-11-20(21)22/h3-6,9-12,16-17,24H,1-2,7-8,13-15H2,(H,27,28). The molecule has 0 fully saturated rings. The van der Waals surface area contributed by atoms with Gasteiger partial charge in [-0.1, -0.05) is 48.9 Å². The van der Waals surface area contributed by atoms with Gasteiger partial charge in [-0.2, -0.15) is 0 Å². The van der Waals surface area contributed by atoms with Crippen molar-refractivity contribution in [2.75, 3.05) is 13.1 Å². The predicted octanol–water partition coefficient (Wildman–Crippen LogP) is 5.12. The van der Waals surface area contributed by atoms with Gasteiger partial charge in [0.15, 0.2) is 0 Å². The maximum absolute atomic E-state index is 11.6. The van der Waals surface area contributed by atoms with Crippen LogP contribution in [0.1, 0.15) is 31.2 Å². The van der Waals surface area contributed by atoms with E-state index in [2.05, 4.69) is 29.2 Å². The van der Waals surface area contributed by atoms with Gasteiger partial charge in [0.25, 0.3) is 0 Å². The highest BCUT2D eigenvalue weighted by Gasteiger charge is 2.14. The summed E-state index contributed by atoms with van der Waals surface area (Å²) in [5.41, 5.74) is 4.51. The van der Waals surface area contributed by atoms with Crippen LogP contribution in [0.2, 0.25) is 0 Å². The Morgan fingerprint density at radius 3 is 2.57 bits per heavy atom. The summed E-state index contributed by atoms with van der Waals surface area (Å²) in [7, 11) is 0. The first kappa shape index (κ1) is 19.7. The molecule has 0 saturated carbocycles. The molecule has 1 amide bonds. The van der Waals surface area contributed by atoms with Gasteiger partial charge in [-0.15, -0.1) is 0 Å². The fraction of sp³-hybridized carbons (Fsp3) is 0.304. The Kier molecular flexibility index (Phi) is 6.84. The number of carboxylic acid groups (broad SMARTS) is 1. The number of rotatable bonds is 10. The lowest BCUT2D eigenvalue weighted by Gasteiger charge is -2.20. The summed E-state index contributed by atoms with van der Waals surface area (Å²) in [4.78, 5) is 26.8. The highest BCUT2D eigenvalue weighted by Crippen LogP contribution is 2.31. The van der Waals surface area contributed by atoms with Crippen LogP contribution < -0.4 is 0 Å². The number of hydrogen-bond donors (Lipinski definition) is 2. The number of nitrogens with one attached hydrogen (secondary N) is 1. The van der Waals surface area contributed by atoms with Gasteiger partial charge in [-0.05, 0) is 36.5 Å². The number of para-hydroxylation sites is 1. The van der Waals surface area contributed by atoms with E-state index < -0.39 is 6.09 Å². The van der Waals surface area contributed by atoms with Crippen molar-refractivity contribution in [2.45, 2.75) is 32.1 Å². The number of aromatic nitrogens is 1. The third-order valence-corrected chi connectivity index (χ3v) is 5.07. The third kappa shape index (κ3) is 4.80. The summed E-state index contributed by atoms with van der Waals surface area (Å²) in [6.45, 7) is 0.964. The molecule has 0 spiro atoms. The Labute approximate surface area is 165 Å². The molecule has 146 valence electrons. The second kappa shape index (κ2) is 9.74. The van der Waals surface area contributed by atoms with Crippen LogP contribution in [0.4, 0.5) is 4.79 Å². The lowest BCUT2D eigenvalue weighted by Crippen LogP contribution is -2.32. The van der Waals surface area contributed by atoms with Crippen molar-refractivity contribution in [3.63, 3.8) is 0 Å². The molecule has 0 radical (unpaired) electrons. The number of carbonyl (C=O) groups excluding carboxylic acids is 1. The number of unbranched alkanes of at least 4 members (excludes halogenated alkanes) is 3. The number of H-pyrrole nitrogens is 1. The van der Waals surface area contributed by atoms with E-state index >= 15 is 0 Å². The van der Waals surface area contributed by atoms with Gasteiger partial charge in [0.05, 0.1) is 0 Å². The van der Waals surface area contributed by atoms with E-state index in [-0.39, 0.29) is 0 Å². The van der Waals surface area contributed by atoms with Gasteiger partial charge in [0.2, 0.25) is 0 Å². The number of amides is 1. The molecule has 0 aliphatic rings. The number of nitrogens with zero attached hydrogens (tertiary/aromatic N) is 1. The first-order valence-electron chi connectivity index (χ1n) is 9.76. The van der Waals surface area contributed by atoms with Crippen LogP contribution in [-0.4, -0.2) is 40.5 Å². The maximum Gasteiger partial charge on any atom is 0.407 e. The number of benzene rings is 2. The van der Waals surface area contributed by atoms with E-state index in [0.29, 0.717) is 25.9 Å². The molecule has 0 aliphatic carbocycles. The van der Waals surface area contributed by atoms with Gasteiger partial charge in [-0.25, -0.2) is 4.79 Å². The smallest absolute Gasteiger partial charge is 0.407 e. The van der Waals surface area contributed by atoms with E-state index in [4.69, 9.17) is 0 Å². The third-order valence-electron chi connectivity index (χ3n) is 5.07. The summed E-state index contributed by atoms with van der Waals surface area (Å²) in [5, 5.41) is 10.7. The molecule has 3 rings (SSSR count). The topological polar surface area (TPSA) is 73.4 Å². The Bertz CT molecular complexity index is 932. The highest BCUT2D eigenvalue weighted by molar-refractivity contribution is 5.96. The van der Waals surface area contributed by atoms with Crippen molar-refractivity contribution in [3.05, 3.63) is 60.3 Å². The molecule has 28 heavy (non-hydrogen) atoms. The van der Waals surface area contributed by atoms with Gasteiger partial charge in [-0.3, -0.25) is 0 Å². The van der Waals surface area contributed by atoms with E-state index in [1.807, 2.05) is 30.5 Å². The molecule has 0 saturated heterocycles. The lowest BCUT2D eigenvalue weighted by atomic mass is 9.97. The number of fused-ring (bicyclic) bond motifs is 1. The van der Waals surface area contributed by atoms with E-state index in [9.17, 15) is 14.7 Å². The van der Waals surface area contributed by atoms with Gasteiger partial charge < -0.3 is 19.8 Å². The van der Waals surface area contributed by atoms with Crippen LogP contribution in [0.15, 0.2) is 54.7 Å². The Balaban J connectivity index is 1.70. The normalized spacial score (nSPS) is 10.9. The molecule has 5 nitrogen and oxygen atoms in total. The van der Waals surface area contributed by atoms with Crippen LogP contribution in [0.3, 0.4) is 0 Å². The number of hydrogen-bond acceptors (Lipinski definition) is 2. The largest absolute Gasteiger partial charge is 0.465 e. The van der Waals surface area contributed by atoms with Crippen LogP contribution in [0.5, 0.6) is 0 Å². The van der Waals surface area contributed by atoms with Crippen LogP contribution in [0, 0.1) is 0 Å². The fourth-order valence-corrected chi connectivity index (χ4v) is 3.56. The lowest BCUT2D eigenvalue weighted by molar-refractivity contribution is -0.107. The molecule has 0 unspecified atom stereocenters. The van der Waals surface area contributed by atoms with Crippen molar-refractivity contribution in [3.8, 4) is 11.1 Å². The second-order valence-electron chi connectivity index (χ2n) is 6.94. The summed E-state index contributed by atoms with van der Waals surface area (Å²) < 4.78 is 0. The molecule has 0 bridgehead atoms. The molecule has 0 atom stereocenters. The van der Waals surface area contributed by atoms with Gasteiger partial charge in [0.1, 0.15) is 6.29 Å². The average molecular weight is 378 g/mol. The molecular weight excluding hydrogens is 352 g/mol.